The van der Waals surface area contributed by atoms with E-state index in [4.69, 9.17) is 5.73 Å². The molecule has 0 aromatic rings. The molecule has 2 atom stereocenters. The van der Waals surface area contributed by atoms with Gasteiger partial charge < -0.3 is 20.6 Å². The fourth-order valence-corrected chi connectivity index (χ4v) is 2.34. The van der Waals surface area contributed by atoms with Gasteiger partial charge in [0.1, 0.15) is 6.04 Å². The Morgan fingerprint density at radius 1 is 1.30 bits per heavy atom. The predicted molar refractivity (Wildman–Crippen MR) is 72.2 cm³/mol. The summed E-state index contributed by atoms with van der Waals surface area (Å²) in [6.45, 7) is 5.42. The molecule has 3 amide bonds. The van der Waals surface area contributed by atoms with Crippen LogP contribution in [0.25, 0.3) is 0 Å². The first kappa shape index (κ1) is 16.4. The summed E-state index contributed by atoms with van der Waals surface area (Å²) in [6.07, 6.45) is -0.303. The Labute approximate surface area is 118 Å². The minimum Gasteiger partial charge on any atom is -0.391 e. The zero-order chi connectivity index (χ0) is 15.4. The van der Waals surface area contributed by atoms with Crippen molar-refractivity contribution in [2.75, 3.05) is 13.2 Å². The minimum atomic E-state index is -1.11. The first-order valence-electron chi connectivity index (χ1n) is 6.81. The maximum absolute atomic E-state index is 12.1. The van der Waals surface area contributed by atoms with Crippen LogP contribution in [0.15, 0.2) is 0 Å². The van der Waals surface area contributed by atoms with E-state index in [0.717, 1.165) is 0 Å². The molecule has 1 fully saturated rings. The zero-order valence-corrected chi connectivity index (χ0v) is 12.2. The molecule has 0 aromatic heterocycles. The van der Waals surface area contributed by atoms with Crippen molar-refractivity contribution >= 4 is 17.7 Å². The van der Waals surface area contributed by atoms with Crippen molar-refractivity contribution in [1.82, 2.24) is 9.80 Å². The highest BCUT2D eigenvalue weighted by Gasteiger charge is 2.35. The molecule has 1 rings (SSSR count). The van der Waals surface area contributed by atoms with Crippen molar-refractivity contribution in [2.45, 2.75) is 45.8 Å². The number of aliphatic hydroxyl groups is 1. The molecule has 1 saturated heterocycles. The van der Waals surface area contributed by atoms with Gasteiger partial charge in [0.2, 0.25) is 17.7 Å². The van der Waals surface area contributed by atoms with Crippen LogP contribution in [0.3, 0.4) is 0 Å². The van der Waals surface area contributed by atoms with Crippen LogP contribution in [0, 0.1) is 5.92 Å². The zero-order valence-electron chi connectivity index (χ0n) is 12.2. The van der Waals surface area contributed by atoms with Crippen molar-refractivity contribution in [3.05, 3.63) is 0 Å². The van der Waals surface area contributed by atoms with E-state index in [2.05, 4.69) is 0 Å². The van der Waals surface area contributed by atoms with Gasteiger partial charge >= 0.3 is 0 Å². The van der Waals surface area contributed by atoms with Crippen LogP contribution in [-0.4, -0.2) is 58.0 Å². The topological polar surface area (TPSA) is 104 Å². The van der Waals surface area contributed by atoms with Gasteiger partial charge in [0.25, 0.3) is 0 Å². The van der Waals surface area contributed by atoms with Crippen LogP contribution in [0.1, 0.15) is 33.6 Å². The van der Waals surface area contributed by atoms with Crippen molar-refractivity contribution in [3.8, 4) is 0 Å². The molecular formula is C13H23N3O4. The lowest BCUT2D eigenvalue weighted by molar-refractivity contribution is -0.148. The van der Waals surface area contributed by atoms with Gasteiger partial charge in [-0.15, -0.1) is 0 Å². The van der Waals surface area contributed by atoms with Gasteiger partial charge in [0, 0.05) is 18.9 Å². The fourth-order valence-electron chi connectivity index (χ4n) is 2.34. The number of amides is 3. The standard InChI is InChI=1S/C13H23N3O4/c1-8(2)13(20)15-6-4-5-10(18)16(7-15)11(9(3)17)12(14)19/h8-9,11,17H,4-7H2,1-3H3,(H2,14,19)/t9-,11+/m1/s1. The smallest absolute Gasteiger partial charge is 0.242 e. The van der Waals surface area contributed by atoms with Crippen molar-refractivity contribution in [3.63, 3.8) is 0 Å². The highest BCUT2D eigenvalue weighted by atomic mass is 16.3. The second kappa shape index (κ2) is 6.69. The summed E-state index contributed by atoms with van der Waals surface area (Å²) < 4.78 is 0. The number of carbonyl (C=O) groups is 3. The van der Waals surface area contributed by atoms with Gasteiger partial charge in [-0.2, -0.15) is 0 Å². The second-order valence-corrected chi connectivity index (χ2v) is 5.45. The predicted octanol–water partition coefficient (Wildman–Crippen LogP) is -0.714. The third-order valence-electron chi connectivity index (χ3n) is 3.35. The van der Waals surface area contributed by atoms with E-state index < -0.39 is 18.1 Å². The fraction of sp³-hybridized carbons (Fsp3) is 0.769. The van der Waals surface area contributed by atoms with Gasteiger partial charge in [0.15, 0.2) is 0 Å². The van der Waals surface area contributed by atoms with Gasteiger partial charge in [0.05, 0.1) is 12.8 Å². The molecule has 0 aliphatic carbocycles. The number of aliphatic hydroxyl groups excluding tert-OH is 1. The van der Waals surface area contributed by atoms with E-state index in [1.54, 1.807) is 13.8 Å². The van der Waals surface area contributed by atoms with E-state index in [-0.39, 0.29) is 30.8 Å². The van der Waals surface area contributed by atoms with E-state index in [1.165, 1.54) is 16.7 Å². The van der Waals surface area contributed by atoms with Crippen LogP contribution >= 0.6 is 0 Å². The SMILES string of the molecule is CC(C)C(=O)N1CCCC(=O)N([C@H](C(N)=O)[C@@H](C)O)C1. The highest BCUT2D eigenvalue weighted by Crippen LogP contribution is 2.16. The number of hydrogen-bond donors (Lipinski definition) is 2. The number of primary amides is 1. The van der Waals surface area contributed by atoms with Crippen LogP contribution in [0.2, 0.25) is 0 Å². The van der Waals surface area contributed by atoms with Crippen LogP contribution in [0.5, 0.6) is 0 Å². The first-order chi connectivity index (χ1) is 9.25. The summed E-state index contributed by atoms with van der Waals surface area (Å²) >= 11 is 0. The molecule has 1 heterocycles. The van der Waals surface area contributed by atoms with E-state index in [1.807, 2.05) is 0 Å². The monoisotopic (exact) mass is 285 g/mol. The van der Waals surface area contributed by atoms with Crippen LogP contribution in [0.4, 0.5) is 0 Å². The van der Waals surface area contributed by atoms with Gasteiger partial charge in [-0.05, 0) is 13.3 Å². The average Bonchev–Trinajstić information content (AvgIpc) is 2.50. The number of hydrogen-bond acceptors (Lipinski definition) is 4. The van der Waals surface area contributed by atoms with Crippen molar-refractivity contribution < 1.29 is 19.5 Å². The molecule has 1 aliphatic heterocycles. The molecule has 20 heavy (non-hydrogen) atoms. The molecule has 7 nitrogen and oxygen atoms in total. The Morgan fingerprint density at radius 3 is 2.35 bits per heavy atom. The molecule has 114 valence electrons. The molecule has 0 aromatic carbocycles. The number of nitrogens with two attached hydrogens (primary N) is 1. The summed E-state index contributed by atoms with van der Waals surface area (Å²) in [5, 5.41) is 9.68. The molecule has 0 spiro atoms. The molecule has 0 unspecified atom stereocenters. The Balaban J connectivity index is 2.99. The van der Waals surface area contributed by atoms with Gasteiger partial charge in [-0.25, -0.2) is 0 Å². The second-order valence-electron chi connectivity index (χ2n) is 5.45. The van der Waals surface area contributed by atoms with Crippen molar-refractivity contribution in [2.24, 2.45) is 11.7 Å². The molecule has 0 bridgehead atoms. The Hall–Kier alpha value is -1.63. The minimum absolute atomic E-state index is 0.00560. The molecule has 0 radical (unpaired) electrons. The number of rotatable bonds is 4. The maximum Gasteiger partial charge on any atom is 0.242 e. The van der Waals surface area contributed by atoms with E-state index >= 15 is 0 Å². The third-order valence-corrected chi connectivity index (χ3v) is 3.35. The lowest BCUT2D eigenvalue weighted by Crippen LogP contribution is -2.56. The highest BCUT2D eigenvalue weighted by molar-refractivity contribution is 5.88. The van der Waals surface area contributed by atoms with E-state index in [9.17, 15) is 19.5 Å². The normalized spacial score (nSPS) is 19.8. The van der Waals surface area contributed by atoms with Gasteiger partial charge in [-0.1, -0.05) is 13.8 Å². The van der Waals surface area contributed by atoms with Gasteiger partial charge in [-0.3, -0.25) is 14.4 Å². The summed E-state index contributed by atoms with van der Waals surface area (Å²) in [6, 6.07) is -1.11. The van der Waals surface area contributed by atoms with E-state index in [0.29, 0.717) is 13.0 Å². The number of carbonyl (C=O) groups excluding carboxylic acids is 3. The summed E-state index contributed by atoms with van der Waals surface area (Å²) in [7, 11) is 0. The first-order valence-corrected chi connectivity index (χ1v) is 6.81. The molecule has 7 heteroatoms. The summed E-state index contributed by atoms with van der Waals surface area (Å²) in [5.74, 6) is -1.32. The van der Waals surface area contributed by atoms with Crippen molar-refractivity contribution in [1.29, 1.82) is 0 Å². The summed E-state index contributed by atoms with van der Waals surface area (Å²) in [5.41, 5.74) is 5.27. The Bertz CT molecular complexity index is 395. The molecule has 0 saturated carbocycles. The van der Waals surface area contributed by atoms with Crippen LogP contribution < -0.4 is 5.73 Å². The maximum atomic E-state index is 12.1. The third kappa shape index (κ3) is 3.69. The quantitative estimate of drug-likeness (QED) is 0.711. The molecule has 3 N–H and O–H groups in total. The Morgan fingerprint density at radius 2 is 1.90 bits per heavy atom. The molecular weight excluding hydrogens is 262 g/mol. The summed E-state index contributed by atoms with van der Waals surface area (Å²) in [4.78, 5) is 38.4. The number of nitrogens with zero attached hydrogens (tertiary/aromatic N) is 2. The lowest BCUT2D eigenvalue weighted by Gasteiger charge is -2.34. The largest absolute Gasteiger partial charge is 0.391 e. The Kier molecular flexibility index (Phi) is 5.50. The lowest BCUT2D eigenvalue weighted by atomic mass is 10.1. The van der Waals surface area contributed by atoms with Crippen LogP contribution in [-0.2, 0) is 14.4 Å². The average molecular weight is 285 g/mol. The molecule has 1 aliphatic rings.